The molecule has 1 aliphatic rings. The molecular formula is C20H35NO4. The molecule has 5 N–H and O–H groups in total. The number of hydrogen-bond acceptors (Lipinski definition) is 4. The predicted octanol–water partition coefficient (Wildman–Crippen LogP) is 2.44. The molecule has 5 heteroatoms. The van der Waals surface area contributed by atoms with Crippen molar-refractivity contribution in [2.24, 2.45) is 17.6 Å². The quantitative estimate of drug-likeness (QED) is 0.319. The summed E-state index contributed by atoms with van der Waals surface area (Å²) in [6.07, 6.45) is 13.0. The summed E-state index contributed by atoms with van der Waals surface area (Å²) in [5, 5.41) is 30.4. The van der Waals surface area contributed by atoms with Crippen LogP contribution in [0, 0.1) is 11.8 Å². The number of rotatable bonds is 12. The average molecular weight is 354 g/mol. The summed E-state index contributed by atoms with van der Waals surface area (Å²) < 4.78 is 0. The number of amides is 1. The lowest BCUT2D eigenvalue weighted by Crippen LogP contribution is -2.20. The predicted molar refractivity (Wildman–Crippen MR) is 99.7 cm³/mol. The van der Waals surface area contributed by atoms with Crippen molar-refractivity contribution in [1.29, 1.82) is 0 Å². The van der Waals surface area contributed by atoms with Gasteiger partial charge in [-0.15, -0.1) is 0 Å². The van der Waals surface area contributed by atoms with Gasteiger partial charge in [0.2, 0.25) is 5.91 Å². The molecule has 5 atom stereocenters. The van der Waals surface area contributed by atoms with E-state index in [1.54, 1.807) is 6.08 Å². The van der Waals surface area contributed by atoms with Crippen molar-refractivity contribution in [3.63, 3.8) is 0 Å². The van der Waals surface area contributed by atoms with Crippen LogP contribution in [0.25, 0.3) is 0 Å². The largest absolute Gasteiger partial charge is 0.393 e. The van der Waals surface area contributed by atoms with Crippen LogP contribution in [-0.4, -0.2) is 39.5 Å². The SMILES string of the molecule is CCCCC[C@H](O)/C=C/[C@@H]1[C@@H](C/C=C\CCCC(N)=O)[C@@H](O)C[C@@H]1O. The Bertz CT molecular complexity index is 435. The normalized spacial score (nSPS) is 28.2. The van der Waals surface area contributed by atoms with Crippen LogP contribution in [0.1, 0.15) is 64.7 Å². The van der Waals surface area contributed by atoms with Gasteiger partial charge < -0.3 is 21.1 Å². The van der Waals surface area contributed by atoms with E-state index in [0.29, 0.717) is 19.3 Å². The molecule has 0 aromatic carbocycles. The molecule has 1 fully saturated rings. The van der Waals surface area contributed by atoms with Crippen LogP contribution in [0.5, 0.6) is 0 Å². The molecule has 25 heavy (non-hydrogen) atoms. The molecule has 0 aromatic heterocycles. The highest BCUT2D eigenvalue weighted by atomic mass is 16.3. The van der Waals surface area contributed by atoms with Crippen LogP contribution in [0.2, 0.25) is 0 Å². The van der Waals surface area contributed by atoms with E-state index in [0.717, 1.165) is 38.5 Å². The fourth-order valence-electron chi connectivity index (χ4n) is 3.43. The third-order valence-corrected chi connectivity index (χ3v) is 4.94. The van der Waals surface area contributed by atoms with Crippen LogP contribution in [0.3, 0.4) is 0 Å². The molecule has 1 saturated carbocycles. The van der Waals surface area contributed by atoms with E-state index >= 15 is 0 Å². The van der Waals surface area contributed by atoms with E-state index < -0.39 is 18.3 Å². The van der Waals surface area contributed by atoms with Crippen molar-refractivity contribution >= 4 is 5.91 Å². The number of aliphatic hydroxyl groups excluding tert-OH is 3. The molecule has 1 aliphatic carbocycles. The Morgan fingerprint density at radius 1 is 1.20 bits per heavy atom. The Labute approximate surface area is 151 Å². The van der Waals surface area contributed by atoms with Gasteiger partial charge in [-0.1, -0.05) is 50.5 Å². The molecular weight excluding hydrogens is 318 g/mol. The van der Waals surface area contributed by atoms with E-state index in [2.05, 4.69) is 6.92 Å². The van der Waals surface area contributed by atoms with E-state index in [9.17, 15) is 20.1 Å². The smallest absolute Gasteiger partial charge is 0.217 e. The molecule has 0 heterocycles. The zero-order chi connectivity index (χ0) is 18.7. The molecule has 0 spiro atoms. The maximum absolute atomic E-state index is 10.7. The maximum Gasteiger partial charge on any atom is 0.217 e. The lowest BCUT2D eigenvalue weighted by Gasteiger charge is -2.19. The Kier molecular flexibility index (Phi) is 10.7. The summed E-state index contributed by atoms with van der Waals surface area (Å²) >= 11 is 0. The molecule has 144 valence electrons. The van der Waals surface area contributed by atoms with Gasteiger partial charge in [0.25, 0.3) is 0 Å². The summed E-state index contributed by atoms with van der Waals surface area (Å²) in [4.78, 5) is 10.7. The van der Waals surface area contributed by atoms with Crippen LogP contribution in [-0.2, 0) is 4.79 Å². The van der Waals surface area contributed by atoms with Crippen LogP contribution < -0.4 is 5.73 Å². The number of nitrogens with two attached hydrogens (primary N) is 1. The summed E-state index contributed by atoms with van der Waals surface area (Å²) in [7, 11) is 0. The van der Waals surface area contributed by atoms with Gasteiger partial charge in [-0.25, -0.2) is 0 Å². The van der Waals surface area contributed by atoms with E-state index in [1.807, 2.05) is 18.2 Å². The summed E-state index contributed by atoms with van der Waals surface area (Å²) in [6, 6.07) is 0. The van der Waals surface area contributed by atoms with E-state index in [4.69, 9.17) is 5.73 Å². The number of hydrogen-bond donors (Lipinski definition) is 4. The molecule has 0 aliphatic heterocycles. The first kappa shape index (κ1) is 21.9. The van der Waals surface area contributed by atoms with Crippen molar-refractivity contribution in [3.8, 4) is 0 Å². The summed E-state index contributed by atoms with van der Waals surface area (Å²) in [5.41, 5.74) is 5.10. The summed E-state index contributed by atoms with van der Waals surface area (Å²) in [5.74, 6) is -0.460. The maximum atomic E-state index is 10.7. The van der Waals surface area contributed by atoms with Gasteiger partial charge >= 0.3 is 0 Å². The highest BCUT2D eigenvalue weighted by Gasteiger charge is 2.39. The van der Waals surface area contributed by atoms with Crippen LogP contribution in [0.15, 0.2) is 24.3 Å². The monoisotopic (exact) mass is 353 g/mol. The number of unbranched alkanes of at least 4 members (excludes halogenated alkanes) is 3. The number of allylic oxidation sites excluding steroid dienone is 2. The highest BCUT2D eigenvalue weighted by molar-refractivity contribution is 5.73. The highest BCUT2D eigenvalue weighted by Crippen LogP contribution is 2.36. The van der Waals surface area contributed by atoms with Crippen molar-refractivity contribution < 1.29 is 20.1 Å². The van der Waals surface area contributed by atoms with Crippen LogP contribution >= 0.6 is 0 Å². The lowest BCUT2D eigenvalue weighted by molar-refractivity contribution is -0.118. The van der Waals surface area contributed by atoms with Crippen molar-refractivity contribution in [2.75, 3.05) is 0 Å². The molecule has 0 bridgehead atoms. The zero-order valence-corrected chi connectivity index (χ0v) is 15.4. The molecule has 5 nitrogen and oxygen atoms in total. The number of carbonyl (C=O) groups excluding carboxylic acids is 1. The Morgan fingerprint density at radius 2 is 1.96 bits per heavy atom. The van der Waals surface area contributed by atoms with Gasteiger partial charge in [-0.2, -0.15) is 0 Å². The average Bonchev–Trinajstić information content (AvgIpc) is 2.82. The van der Waals surface area contributed by atoms with Gasteiger partial charge in [-0.05, 0) is 31.6 Å². The fraction of sp³-hybridized carbons (Fsp3) is 0.750. The van der Waals surface area contributed by atoms with Gasteiger partial charge in [0, 0.05) is 18.8 Å². The first-order valence-electron chi connectivity index (χ1n) is 9.61. The van der Waals surface area contributed by atoms with Gasteiger partial charge in [0.15, 0.2) is 0 Å². The third-order valence-electron chi connectivity index (χ3n) is 4.94. The van der Waals surface area contributed by atoms with Crippen molar-refractivity contribution in [2.45, 2.75) is 83.0 Å². The molecule has 0 radical (unpaired) electrons. The lowest BCUT2D eigenvalue weighted by atomic mass is 9.89. The van der Waals surface area contributed by atoms with Gasteiger partial charge in [0.05, 0.1) is 18.3 Å². The second-order valence-corrected chi connectivity index (χ2v) is 7.13. The van der Waals surface area contributed by atoms with Crippen LogP contribution in [0.4, 0.5) is 0 Å². The number of primary amides is 1. The van der Waals surface area contributed by atoms with Gasteiger partial charge in [-0.3, -0.25) is 4.79 Å². The molecule has 1 amide bonds. The minimum Gasteiger partial charge on any atom is -0.393 e. The van der Waals surface area contributed by atoms with Gasteiger partial charge in [0.1, 0.15) is 0 Å². The van der Waals surface area contributed by atoms with E-state index in [1.165, 1.54) is 0 Å². The molecule has 1 rings (SSSR count). The minimum absolute atomic E-state index is 0.0403. The fourth-order valence-corrected chi connectivity index (χ4v) is 3.43. The Morgan fingerprint density at radius 3 is 2.64 bits per heavy atom. The first-order chi connectivity index (χ1) is 12.0. The first-order valence-corrected chi connectivity index (χ1v) is 9.61. The number of aliphatic hydroxyl groups is 3. The minimum atomic E-state index is -0.567. The van der Waals surface area contributed by atoms with Crippen molar-refractivity contribution in [3.05, 3.63) is 24.3 Å². The zero-order valence-electron chi connectivity index (χ0n) is 15.4. The van der Waals surface area contributed by atoms with E-state index in [-0.39, 0.29) is 17.7 Å². The Balaban J connectivity index is 2.46. The molecule has 0 unspecified atom stereocenters. The number of carbonyl (C=O) groups is 1. The Hall–Kier alpha value is -1.17. The topological polar surface area (TPSA) is 104 Å². The second kappa shape index (κ2) is 12.2. The van der Waals surface area contributed by atoms with Crippen molar-refractivity contribution in [1.82, 2.24) is 0 Å². The molecule has 0 saturated heterocycles. The second-order valence-electron chi connectivity index (χ2n) is 7.13. The third kappa shape index (κ3) is 8.66. The summed E-state index contributed by atoms with van der Waals surface area (Å²) in [6.45, 7) is 2.13. The standard InChI is InChI=1S/C20H35NO4/c1-2-3-6-9-15(22)12-13-17-16(18(23)14-19(17)24)10-7-4-5-8-11-20(21)25/h4,7,12-13,15-19,22-24H,2-3,5-6,8-11,14H2,1H3,(H2,21,25)/b7-4-,13-12+/t15-,16+,17+,18-,19-/m0/s1. The molecule has 0 aromatic rings.